The molecule has 0 saturated carbocycles. The van der Waals surface area contributed by atoms with Crippen LogP contribution in [-0.2, 0) is 4.79 Å². The highest BCUT2D eigenvalue weighted by molar-refractivity contribution is 5.93. The van der Waals surface area contributed by atoms with Gasteiger partial charge in [0.2, 0.25) is 11.8 Å². The Hall–Kier alpha value is -2.15. The number of likely N-dealkylation sites (tertiary alicyclic amines) is 1. The maximum Gasteiger partial charge on any atom is 0.243 e. The summed E-state index contributed by atoms with van der Waals surface area (Å²) in [5.41, 5.74) is 0.752. The quantitative estimate of drug-likeness (QED) is 0.901. The van der Waals surface area contributed by atoms with Gasteiger partial charge < -0.3 is 9.51 Å². The standard InChI is InChI=1S/C15H21N5O2/c1-10-9-13(22-19-10)18-15(21)11(2)20-7-3-12(4-8-20)14-16-5-6-17-14/h5-6,9,11-12H,3-4,7-8H2,1-2H3,(H,16,17)(H,18,21)/t11-/m0/s1. The molecule has 1 fully saturated rings. The third kappa shape index (κ3) is 3.19. The van der Waals surface area contributed by atoms with Crippen LogP contribution in [0.4, 0.5) is 5.88 Å². The van der Waals surface area contributed by atoms with Gasteiger partial charge in [-0.3, -0.25) is 15.0 Å². The fourth-order valence-electron chi connectivity index (χ4n) is 2.88. The van der Waals surface area contributed by atoms with E-state index in [0.29, 0.717) is 11.8 Å². The molecule has 1 atom stereocenters. The number of piperidine rings is 1. The molecule has 1 amide bonds. The number of carbonyl (C=O) groups is 1. The molecule has 0 bridgehead atoms. The zero-order valence-corrected chi connectivity index (χ0v) is 12.9. The van der Waals surface area contributed by atoms with Crippen molar-refractivity contribution in [1.82, 2.24) is 20.0 Å². The summed E-state index contributed by atoms with van der Waals surface area (Å²) < 4.78 is 5.03. The molecule has 0 aliphatic carbocycles. The summed E-state index contributed by atoms with van der Waals surface area (Å²) in [5, 5.41) is 6.54. The number of anilines is 1. The molecule has 0 spiro atoms. The highest BCUT2D eigenvalue weighted by atomic mass is 16.5. The van der Waals surface area contributed by atoms with E-state index < -0.39 is 0 Å². The number of nitrogens with zero attached hydrogens (tertiary/aromatic N) is 3. The van der Waals surface area contributed by atoms with Crippen molar-refractivity contribution in [2.45, 2.75) is 38.6 Å². The van der Waals surface area contributed by atoms with Crippen LogP contribution in [0.25, 0.3) is 0 Å². The molecule has 1 aliphatic rings. The first kappa shape index (κ1) is 14.8. The van der Waals surface area contributed by atoms with Gasteiger partial charge in [-0.1, -0.05) is 5.16 Å². The van der Waals surface area contributed by atoms with E-state index in [9.17, 15) is 4.79 Å². The molecule has 1 aliphatic heterocycles. The number of amides is 1. The zero-order valence-electron chi connectivity index (χ0n) is 12.9. The van der Waals surface area contributed by atoms with Crippen LogP contribution < -0.4 is 5.32 Å². The number of hydrogen-bond acceptors (Lipinski definition) is 5. The highest BCUT2D eigenvalue weighted by Crippen LogP contribution is 2.26. The lowest BCUT2D eigenvalue weighted by molar-refractivity contribution is -0.121. The fourth-order valence-corrected chi connectivity index (χ4v) is 2.88. The van der Waals surface area contributed by atoms with E-state index in [4.69, 9.17) is 4.52 Å². The van der Waals surface area contributed by atoms with Gasteiger partial charge in [0.15, 0.2) is 0 Å². The Kier molecular flexibility index (Phi) is 4.24. The fraction of sp³-hybridized carbons (Fsp3) is 0.533. The molecule has 7 heteroatoms. The predicted molar refractivity (Wildman–Crippen MR) is 81.5 cm³/mol. The SMILES string of the molecule is Cc1cc(NC(=O)[C@H](C)N2CCC(c3ncc[nH]3)CC2)on1. The van der Waals surface area contributed by atoms with Crippen LogP contribution in [0, 0.1) is 6.92 Å². The molecule has 0 aromatic carbocycles. The molecule has 22 heavy (non-hydrogen) atoms. The number of H-pyrrole nitrogens is 1. The van der Waals surface area contributed by atoms with Crippen molar-refractivity contribution in [3.63, 3.8) is 0 Å². The molecule has 118 valence electrons. The molecule has 0 unspecified atom stereocenters. The van der Waals surface area contributed by atoms with Crippen molar-refractivity contribution >= 4 is 11.8 Å². The Bertz CT molecular complexity index is 614. The van der Waals surface area contributed by atoms with Crippen molar-refractivity contribution in [3.8, 4) is 0 Å². The molecule has 7 nitrogen and oxygen atoms in total. The Balaban J connectivity index is 1.53. The molecule has 3 heterocycles. The van der Waals surface area contributed by atoms with Gasteiger partial charge in [-0.25, -0.2) is 4.98 Å². The number of nitrogens with one attached hydrogen (secondary N) is 2. The zero-order chi connectivity index (χ0) is 15.5. The summed E-state index contributed by atoms with van der Waals surface area (Å²) in [6.07, 6.45) is 5.66. The molecule has 2 N–H and O–H groups in total. The Labute approximate surface area is 129 Å². The molecule has 2 aromatic heterocycles. The minimum Gasteiger partial charge on any atom is -0.348 e. The summed E-state index contributed by atoms with van der Waals surface area (Å²) >= 11 is 0. The van der Waals surface area contributed by atoms with Crippen molar-refractivity contribution < 1.29 is 9.32 Å². The number of rotatable bonds is 4. The lowest BCUT2D eigenvalue weighted by atomic mass is 9.95. The van der Waals surface area contributed by atoms with Crippen molar-refractivity contribution in [3.05, 3.63) is 30.0 Å². The number of aryl methyl sites for hydroxylation is 1. The number of hydrogen-bond donors (Lipinski definition) is 2. The van der Waals surface area contributed by atoms with Crippen molar-refractivity contribution in [2.75, 3.05) is 18.4 Å². The Morgan fingerprint density at radius 2 is 2.27 bits per heavy atom. The van der Waals surface area contributed by atoms with E-state index >= 15 is 0 Å². The lowest BCUT2D eigenvalue weighted by Gasteiger charge is -2.34. The second-order valence-electron chi connectivity index (χ2n) is 5.78. The number of imidazole rings is 1. The summed E-state index contributed by atoms with van der Waals surface area (Å²) in [6, 6.07) is 1.52. The third-order valence-corrected chi connectivity index (χ3v) is 4.24. The van der Waals surface area contributed by atoms with Gasteiger partial charge in [0.1, 0.15) is 5.82 Å². The van der Waals surface area contributed by atoms with Gasteiger partial charge >= 0.3 is 0 Å². The molecule has 1 saturated heterocycles. The lowest BCUT2D eigenvalue weighted by Crippen LogP contribution is -2.45. The summed E-state index contributed by atoms with van der Waals surface area (Å²) in [7, 11) is 0. The minimum atomic E-state index is -0.192. The average Bonchev–Trinajstić information content (AvgIpc) is 3.18. The first-order valence-corrected chi connectivity index (χ1v) is 7.61. The first-order valence-electron chi connectivity index (χ1n) is 7.61. The van der Waals surface area contributed by atoms with Gasteiger partial charge in [-0.05, 0) is 39.8 Å². The van der Waals surface area contributed by atoms with E-state index in [1.807, 2.05) is 20.0 Å². The molecule has 3 rings (SSSR count). The van der Waals surface area contributed by atoms with Gasteiger partial charge in [0.05, 0.1) is 11.7 Å². The van der Waals surface area contributed by atoms with Crippen molar-refractivity contribution in [2.24, 2.45) is 0 Å². The monoisotopic (exact) mass is 303 g/mol. The second-order valence-corrected chi connectivity index (χ2v) is 5.78. The largest absolute Gasteiger partial charge is 0.348 e. The van der Waals surface area contributed by atoms with Crippen molar-refractivity contribution in [1.29, 1.82) is 0 Å². The predicted octanol–water partition coefficient (Wildman–Crippen LogP) is 1.91. The van der Waals surface area contributed by atoms with E-state index in [-0.39, 0.29) is 11.9 Å². The van der Waals surface area contributed by atoms with Gasteiger partial charge in [-0.15, -0.1) is 0 Å². The van der Waals surface area contributed by atoms with E-state index in [1.54, 1.807) is 12.3 Å². The highest BCUT2D eigenvalue weighted by Gasteiger charge is 2.28. The van der Waals surface area contributed by atoms with Crippen LogP contribution in [0.5, 0.6) is 0 Å². The summed E-state index contributed by atoms with van der Waals surface area (Å²) in [5.74, 6) is 1.85. The Morgan fingerprint density at radius 1 is 1.50 bits per heavy atom. The number of aromatic nitrogens is 3. The van der Waals surface area contributed by atoms with Crippen LogP contribution in [0.2, 0.25) is 0 Å². The van der Waals surface area contributed by atoms with Gasteiger partial charge in [0, 0.05) is 24.4 Å². The maximum atomic E-state index is 12.3. The summed E-state index contributed by atoms with van der Waals surface area (Å²) in [6.45, 7) is 5.51. The van der Waals surface area contributed by atoms with Crippen LogP contribution in [-0.4, -0.2) is 45.1 Å². The van der Waals surface area contributed by atoms with Crippen LogP contribution in [0.3, 0.4) is 0 Å². The van der Waals surface area contributed by atoms with E-state index in [1.165, 1.54) is 0 Å². The van der Waals surface area contributed by atoms with Gasteiger partial charge in [0.25, 0.3) is 0 Å². The molecule has 0 radical (unpaired) electrons. The maximum absolute atomic E-state index is 12.3. The smallest absolute Gasteiger partial charge is 0.243 e. The first-order chi connectivity index (χ1) is 10.6. The molecular weight excluding hydrogens is 282 g/mol. The molecular formula is C15H21N5O2. The van der Waals surface area contributed by atoms with E-state index in [0.717, 1.165) is 37.4 Å². The second kappa shape index (κ2) is 6.31. The topological polar surface area (TPSA) is 87.0 Å². The van der Waals surface area contributed by atoms with Crippen LogP contribution >= 0.6 is 0 Å². The number of aromatic amines is 1. The Morgan fingerprint density at radius 3 is 2.86 bits per heavy atom. The van der Waals surface area contributed by atoms with E-state index in [2.05, 4.69) is 25.3 Å². The minimum absolute atomic E-state index is 0.0624. The van der Waals surface area contributed by atoms with Crippen LogP contribution in [0.1, 0.15) is 37.2 Å². The van der Waals surface area contributed by atoms with Crippen LogP contribution in [0.15, 0.2) is 23.0 Å². The van der Waals surface area contributed by atoms with Gasteiger partial charge in [-0.2, -0.15) is 0 Å². The average molecular weight is 303 g/mol. The normalized spacial score (nSPS) is 18.3. The number of carbonyl (C=O) groups excluding carboxylic acids is 1. The molecule has 2 aromatic rings. The summed E-state index contributed by atoms with van der Waals surface area (Å²) in [4.78, 5) is 22.0. The third-order valence-electron chi connectivity index (χ3n) is 4.24.